The number of nitrogens with one attached hydrogen (secondary N) is 1. The maximum atomic E-state index is 10.0. The van der Waals surface area contributed by atoms with Gasteiger partial charge in [0.15, 0.2) is 0 Å². The van der Waals surface area contributed by atoms with E-state index < -0.39 is 6.10 Å². The van der Waals surface area contributed by atoms with Crippen LogP contribution in [0.25, 0.3) is 0 Å². The Balaban J connectivity index is 2.02. The van der Waals surface area contributed by atoms with Crippen LogP contribution in [0.1, 0.15) is 47.1 Å². The summed E-state index contributed by atoms with van der Waals surface area (Å²) in [7, 11) is 0. The van der Waals surface area contributed by atoms with Crippen molar-refractivity contribution in [3.63, 3.8) is 0 Å². The highest BCUT2D eigenvalue weighted by atomic mass is 16.4. The van der Waals surface area contributed by atoms with Gasteiger partial charge in [-0.3, -0.25) is 0 Å². The molecule has 2 N–H and O–H groups in total. The molecule has 3 nitrogen and oxygen atoms in total. The quantitative estimate of drug-likeness (QED) is 0.875. The van der Waals surface area contributed by atoms with E-state index in [0.717, 1.165) is 0 Å². The van der Waals surface area contributed by atoms with Gasteiger partial charge in [-0.1, -0.05) is 12.1 Å². The molecule has 0 bridgehead atoms. The van der Waals surface area contributed by atoms with Gasteiger partial charge in [0.2, 0.25) is 0 Å². The average Bonchev–Trinajstić information content (AvgIpc) is 2.94. The number of aliphatic hydroxyl groups is 1. The van der Waals surface area contributed by atoms with E-state index in [4.69, 9.17) is 4.42 Å². The van der Waals surface area contributed by atoms with Gasteiger partial charge in [0.05, 0.1) is 6.26 Å². The van der Waals surface area contributed by atoms with Crippen LogP contribution < -0.4 is 5.32 Å². The average molecular weight is 273 g/mol. The number of hydrogen-bond donors (Lipinski definition) is 2. The largest absolute Gasteiger partial charge is 0.467 e. The minimum absolute atomic E-state index is 0.193. The van der Waals surface area contributed by atoms with Crippen molar-refractivity contribution in [1.82, 2.24) is 5.32 Å². The van der Waals surface area contributed by atoms with E-state index in [-0.39, 0.29) is 6.04 Å². The van der Waals surface area contributed by atoms with Gasteiger partial charge in [-0.25, -0.2) is 0 Å². The predicted octanol–water partition coefficient (Wildman–Crippen LogP) is 3.59. The van der Waals surface area contributed by atoms with Crippen LogP contribution in [0.4, 0.5) is 0 Å². The summed E-state index contributed by atoms with van der Waals surface area (Å²) in [4.78, 5) is 0. The predicted molar refractivity (Wildman–Crippen MR) is 80.7 cm³/mol. The summed E-state index contributed by atoms with van der Waals surface area (Å²) in [6.07, 6.45) is 0.967. The molecule has 3 heteroatoms. The molecule has 2 aromatic rings. The molecule has 20 heavy (non-hydrogen) atoms. The smallest absolute Gasteiger partial charge is 0.133 e. The van der Waals surface area contributed by atoms with E-state index in [1.165, 1.54) is 22.3 Å². The lowest BCUT2D eigenvalue weighted by atomic mass is 9.96. The zero-order valence-corrected chi connectivity index (χ0v) is 12.6. The summed E-state index contributed by atoms with van der Waals surface area (Å²) in [5.41, 5.74) is 5.17. The van der Waals surface area contributed by atoms with E-state index in [0.29, 0.717) is 12.3 Å². The first kappa shape index (κ1) is 14.8. The second-order valence-electron chi connectivity index (χ2n) is 5.45. The first-order valence-corrected chi connectivity index (χ1v) is 7.01. The first-order chi connectivity index (χ1) is 9.49. The molecule has 0 spiro atoms. The Morgan fingerprint density at radius 3 is 2.50 bits per heavy atom. The molecule has 2 atom stereocenters. The van der Waals surface area contributed by atoms with E-state index in [2.05, 4.69) is 45.1 Å². The lowest BCUT2D eigenvalue weighted by Gasteiger charge is -2.19. The number of furan rings is 1. The van der Waals surface area contributed by atoms with Gasteiger partial charge in [0.25, 0.3) is 0 Å². The highest BCUT2D eigenvalue weighted by Gasteiger charge is 2.14. The Labute approximate surface area is 120 Å². The second kappa shape index (κ2) is 6.25. The lowest BCUT2D eigenvalue weighted by molar-refractivity contribution is 0.144. The zero-order valence-electron chi connectivity index (χ0n) is 12.6. The van der Waals surface area contributed by atoms with Crippen LogP contribution in [0, 0.1) is 20.8 Å². The summed E-state index contributed by atoms with van der Waals surface area (Å²) in [6.45, 7) is 8.98. The molecule has 0 amide bonds. The number of aliphatic hydroxyl groups excluding tert-OH is 1. The normalized spacial score (nSPS) is 14.2. The van der Waals surface area contributed by atoms with Crippen molar-refractivity contribution < 1.29 is 9.52 Å². The van der Waals surface area contributed by atoms with Gasteiger partial charge < -0.3 is 14.8 Å². The Bertz CT molecular complexity index is 561. The molecule has 2 unspecified atom stereocenters. The molecule has 1 heterocycles. The third-order valence-electron chi connectivity index (χ3n) is 3.84. The van der Waals surface area contributed by atoms with Crippen LogP contribution in [-0.4, -0.2) is 11.7 Å². The van der Waals surface area contributed by atoms with Crippen LogP contribution in [-0.2, 0) is 0 Å². The lowest BCUT2D eigenvalue weighted by Crippen LogP contribution is -2.25. The molecule has 1 aromatic carbocycles. The van der Waals surface area contributed by atoms with Crippen LogP contribution >= 0.6 is 0 Å². The molecule has 108 valence electrons. The van der Waals surface area contributed by atoms with Gasteiger partial charge in [-0.05, 0) is 62.1 Å². The minimum Gasteiger partial charge on any atom is -0.467 e. The summed E-state index contributed by atoms with van der Waals surface area (Å²) >= 11 is 0. The second-order valence-corrected chi connectivity index (χ2v) is 5.45. The summed E-state index contributed by atoms with van der Waals surface area (Å²) in [5, 5.41) is 13.4. The number of benzene rings is 1. The van der Waals surface area contributed by atoms with Crippen molar-refractivity contribution in [2.24, 2.45) is 0 Å². The fourth-order valence-electron chi connectivity index (χ4n) is 2.43. The fourth-order valence-corrected chi connectivity index (χ4v) is 2.43. The molecule has 0 aliphatic rings. The Morgan fingerprint density at radius 1 is 1.15 bits per heavy atom. The summed E-state index contributed by atoms with van der Waals surface area (Å²) < 4.78 is 5.20. The SMILES string of the molecule is Cc1cc(C)c(C(C)NCC(O)c2ccco2)cc1C. The van der Waals surface area contributed by atoms with Crippen molar-refractivity contribution in [1.29, 1.82) is 0 Å². The van der Waals surface area contributed by atoms with Gasteiger partial charge in [-0.2, -0.15) is 0 Å². The zero-order chi connectivity index (χ0) is 14.7. The molecular formula is C17H23NO2. The third-order valence-corrected chi connectivity index (χ3v) is 3.84. The fraction of sp³-hybridized carbons (Fsp3) is 0.412. The van der Waals surface area contributed by atoms with Crippen LogP contribution in [0.5, 0.6) is 0 Å². The van der Waals surface area contributed by atoms with E-state index in [1.807, 2.05) is 0 Å². The van der Waals surface area contributed by atoms with Crippen molar-refractivity contribution in [3.8, 4) is 0 Å². The van der Waals surface area contributed by atoms with Gasteiger partial charge in [0, 0.05) is 12.6 Å². The number of hydrogen-bond acceptors (Lipinski definition) is 3. The molecule has 0 saturated heterocycles. The van der Waals surface area contributed by atoms with Crippen molar-refractivity contribution in [3.05, 3.63) is 58.5 Å². The maximum Gasteiger partial charge on any atom is 0.133 e. The van der Waals surface area contributed by atoms with Crippen LogP contribution in [0.2, 0.25) is 0 Å². The van der Waals surface area contributed by atoms with E-state index in [1.54, 1.807) is 18.4 Å². The van der Waals surface area contributed by atoms with Gasteiger partial charge in [-0.15, -0.1) is 0 Å². The molecule has 2 rings (SSSR count). The summed E-state index contributed by atoms with van der Waals surface area (Å²) in [6, 6.07) is 8.21. The third kappa shape index (κ3) is 3.30. The van der Waals surface area contributed by atoms with Crippen LogP contribution in [0.15, 0.2) is 34.9 Å². The molecule has 1 aromatic heterocycles. The molecule has 0 radical (unpaired) electrons. The highest BCUT2D eigenvalue weighted by Crippen LogP contribution is 2.22. The highest BCUT2D eigenvalue weighted by molar-refractivity contribution is 5.38. The standard InChI is InChI=1S/C17H23NO2/c1-11-8-13(3)15(9-12(11)2)14(4)18-10-16(19)17-6-5-7-20-17/h5-9,14,16,18-19H,10H2,1-4H3. The van der Waals surface area contributed by atoms with Crippen molar-refractivity contribution >= 4 is 0 Å². The van der Waals surface area contributed by atoms with Crippen LogP contribution in [0.3, 0.4) is 0 Å². The van der Waals surface area contributed by atoms with Crippen molar-refractivity contribution in [2.75, 3.05) is 6.54 Å². The maximum absolute atomic E-state index is 10.0. The van der Waals surface area contributed by atoms with E-state index in [9.17, 15) is 5.11 Å². The molecule has 0 fully saturated rings. The Morgan fingerprint density at radius 2 is 1.85 bits per heavy atom. The Kier molecular flexibility index (Phi) is 4.63. The molecule has 0 aliphatic heterocycles. The van der Waals surface area contributed by atoms with Gasteiger partial charge >= 0.3 is 0 Å². The minimum atomic E-state index is -0.612. The van der Waals surface area contributed by atoms with Gasteiger partial charge in [0.1, 0.15) is 11.9 Å². The van der Waals surface area contributed by atoms with Crippen molar-refractivity contribution in [2.45, 2.75) is 39.8 Å². The summed E-state index contributed by atoms with van der Waals surface area (Å²) in [5.74, 6) is 0.599. The first-order valence-electron chi connectivity index (χ1n) is 7.01. The molecular weight excluding hydrogens is 250 g/mol. The number of aryl methyl sites for hydroxylation is 3. The topological polar surface area (TPSA) is 45.4 Å². The Hall–Kier alpha value is -1.58. The number of rotatable bonds is 5. The molecule has 0 saturated carbocycles. The monoisotopic (exact) mass is 273 g/mol. The van der Waals surface area contributed by atoms with E-state index >= 15 is 0 Å². The molecule has 0 aliphatic carbocycles.